The maximum atomic E-state index is 12.5. The number of hydrogen-bond donors (Lipinski definition) is 1. The molecule has 1 aromatic carbocycles. The Kier molecular flexibility index (Phi) is 4.65. The first-order valence-corrected chi connectivity index (χ1v) is 8.26. The van der Waals surface area contributed by atoms with E-state index in [1.807, 2.05) is 17.9 Å². The summed E-state index contributed by atoms with van der Waals surface area (Å²) in [6.07, 6.45) is 3.19. The SMILES string of the molecule is Cc1cc(N)n(CC(=O)N2CCCC(c3ccccc3)CC2)n1. The van der Waals surface area contributed by atoms with Gasteiger partial charge in [0.1, 0.15) is 12.4 Å². The summed E-state index contributed by atoms with van der Waals surface area (Å²) >= 11 is 0. The molecule has 5 heteroatoms. The molecule has 5 nitrogen and oxygen atoms in total. The molecule has 1 atom stereocenters. The third-order valence-corrected chi connectivity index (χ3v) is 4.57. The predicted molar refractivity (Wildman–Crippen MR) is 91.0 cm³/mol. The fourth-order valence-electron chi connectivity index (χ4n) is 3.32. The van der Waals surface area contributed by atoms with Gasteiger partial charge in [-0.2, -0.15) is 5.10 Å². The summed E-state index contributed by atoms with van der Waals surface area (Å²) in [7, 11) is 0. The third-order valence-electron chi connectivity index (χ3n) is 4.57. The Bertz CT molecular complexity index is 665. The van der Waals surface area contributed by atoms with E-state index in [1.54, 1.807) is 10.7 Å². The highest BCUT2D eigenvalue weighted by Gasteiger charge is 2.22. The lowest BCUT2D eigenvalue weighted by molar-refractivity contribution is -0.131. The second kappa shape index (κ2) is 6.86. The van der Waals surface area contributed by atoms with Gasteiger partial charge in [-0.05, 0) is 37.7 Å². The van der Waals surface area contributed by atoms with Crippen molar-refractivity contribution in [3.8, 4) is 0 Å². The van der Waals surface area contributed by atoms with E-state index in [4.69, 9.17) is 5.73 Å². The van der Waals surface area contributed by atoms with Crippen LogP contribution in [-0.2, 0) is 11.3 Å². The van der Waals surface area contributed by atoms with Crippen LogP contribution in [0.25, 0.3) is 0 Å². The number of anilines is 1. The smallest absolute Gasteiger partial charge is 0.244 e. The Balaban J connectivity index is 1.61. The Hall–Kier alpha value is -2.30. The monoisotopic (exact) mass is 312 g/mol. The van der Waals surface area contributed by atoms with Crippen LogP contribution >= 0.6 is 0 Å². The Labute approximate surface area is 137 Å². The highest BCUT2D eigenvalue weighted by Crippen LogP contribution is 2.27. The Morgan fingerprint density at radius 1 is 1.26 bits per heavy atom. The molecule has 2 N–H and O–H groups in total. The number of likely N-dealkylation sites (tertiary alicyclic amines) is 1. The van der Waals surface area contributed by atoms with Crippen LogP contribution in [0.3, 0.4) is 0 Å². The summed E-state index contributed by atoms with van der Waals surface area (Å²) in [6, 6.07) is 12.4. The quantitative estimate of drug-likeness (QED) is 0.947. The molecule has 1 aliphatic rings. The highest BCUT2D eigenvalue weighted by atomic mass is 16.2. The molecule has 1 saturated heterocycles. The van der Waals surface area contributed by atoms with E-state index in [0.717, 1.165) is 38.0 Å². The lowest BCUT2D eigenvalue weighted by atomic mass is 9.92. The van der Waals surface area contributed by atoms with Gasteiger partial charge in [-0.1, -0.05) is 30.3 Å². The zero-order chi connectivity index (χ0) is 16.2. The molecule has 0 spiro atoms. The molecule has 1 amide bonds. The van der Waals surface area contributed by atoms with Crippen LogP contribution in [0.4, 0.5) is 5.82 Å². The molecule has 23 heavy (non-hydrogen) atoms. The maximum Gasteiger partial charge on any atom is 0.244 e. The van der Waals surface area contributed by atoms with E-state index in [0.29, 0.717) is 11.7 Å². The van der Waals surface area contributed by atoms with Crippen molar-refractivity contribution in [2.75, 3.05) is 18.8 Å². The summed E-state index contributed by atoms with van der Waals surface area (Å²) in [5, 5.41) is 4.28. The molecule has 0 radical (unpaired) electrons. The molecule has 0 bridgehead atoms. The molecular formula is C18H24N4O. The van der Waals surface area contributed by atoms with Crippen molar-refractivity contribution in [3.63, 3.8) is 0 Å². The van der Waals surface area contributed by atoms with Gasteiger partial charge in [0, 0.05) is 19.2 Å². The number of rotatable bonds is 3. The van der Waals surface area contributed by atoms with Crippen molar-refractivity contribution in [3.05, 3.63) is 47.7 Å². The predicted octanol–water partition coefficient (Wildman–Crippen LogP) is 2.57. The second-order valence-corrected chi connectivity index (χ2v) is 6.29. The fraction of sp³-hybridized carbons (Fsp3) is 0.444. The van der Waals surface area contributed by atoms with Crippen molar-refractivity contribution in [2.24, 2.45) is 0 Å². The van der Waals surface area contributed by atoms with Crippen LogP contribution in [0.5, 0.6) is 0 Å². The van der Waals surface area contributed by atoms with Gasteiger partial charge in [0.05, 0.1) is 5.69 Å². The van der Waals surface area contributed by atoms with Crippen molar-refractivity contribution in [1.82, 2.24) is 14.7 Å². The summed E-state index contributed by atoms with van der Waals surface area (Å²) in [4.78, 5) is 14.5. The van der Waals surface area contributed by atoms with Crippen LogP contribution in [0.2, 0.25) is 0 Å². The molecular weight excluding hydrogens is 288 g/mol. The van der Waals surface area contributed by atoms with E-state index >= 15 is 0 Å². The fourth-order valence-corrected chi connectivity index (χ4v) is 3.32. The summed E-state index contributed by atoms with van der Waals surface area (Å²) in [6.45, 7) is 3.74. The number of hydrogen-bond acceptors (Lipinski definition) is 3. The average Bonchev–Trinajstić information content (AvgIpc) is 2.76. The Morgan fingerprint density at radius 2 is 2.04 bits per heavy atom. The maximum absolute atomic E-state index is 12.5. The lowest BCUT2D eigenvalue weighted by Gasteiger charge is -2.21. The number of aryl methyl sites for hydroxylation is 1. The topological polar surface area (TPSA) is 64.2 Å². The molecule has 0 aliphatic carbocycles. The van der Waals surface area contributed by atoms with Crippen LogP contribution < -0.4 is 5.73 Å². The first kappa shape index (κ1) is 15.6. The number of nitrogens with two attached hydrogens (primary N) is 1. The minimum absolute atomic E-state index is 0.105. The summed E-state index contributed by atoms with van der Waals surface area (Å²) in [5.74, 6) is 1.20. The largest absolute Gasteiger partial charge is 0.384 e. The van der Waals surface area contributed by atoms with Crippen molar-refractivity contribution in [2.45, 2.75) is 38.6 Å². The van der Waals surface area contributed by atoms with Gasteiger partial charge in [0.25, 0.3) is 0 Å². The average molecular weight is 312 g/mol. The molecule has 3 rings (SSSR count). The van der Waals surface area contributed by atoms with Gasteiger partial charge in [-0.15, -0.1) is 0 Å². The molecule has 2 aromatic rings. The van der Waals surface area contributed by atoms with Gasteiger partial charge in [0.2, 0.25) is 5.91 Å². The first-order chi connectivity index (χ1) is 11.1. The van der Waals surface area contributed by atoms with Gasteiger partial charge in [0.15, 0.2) is 0 Å². The molecule has 0 saturated carbocycles. The number of aromatic nitrogens is 2. The second-order valence-electron chi connectivity index (χ2n) is 6.29. The zero-order valence-electron chi connectivity index (χ0n) is 13.6. The number of carbonyl (C=O) groups excluding carboxylic acids is 1. The minimum Gasteiger partial charge on any atom is -0.384 e. The van der Waals surface area contributed by atoms with E-state index in [9.17, 15) is 4.79 Å². The van der Waals surface area contributed by atoms with E-state index in [1.165, 1.54) is 5.56 Å². The van der Waals surface area contributed by atoms with Gasteiger partial charge < -0.3 is 10.6 Å². The van der Waals surface area contributed by atoms with Gasteiger partial charge in [-0.3, -0.25) is 4.79 Å². The molecule has 1 unspecified atom stereocenters. The number of benzene rings is 1. The Morgan fingerprint density at radius 3 is 2.74 bits per heavy atom. The first-order valence-electron chi connectivity index (χ1n) is 8.26. The zero-order valence-corrected chi connectivity index (χ0v) is 13.6. The number of nitrogen functional groups attached to an aromatic ring is 1. The van der Waals surface area contributed by atoms with Crippen molar-refractivity contribution < 1.29 is 4.79 Å². The molecule has 1 fully saturated rings. The molecule has 1 aromatic heterocycles. The van der Waals surface area contributed by atoms with Gasteiger partial charge >= 0.3 is 0 Å². The van der Waals surface area contributed by atoms with Crippen LogP contribution in [0, 0.1) is 6.92 Å². The van der Waals surface area contributed by atoms with Crippen molar-refractivity contribution in [1.29, 1.82) is 0 Å². The van der Waals surface area contributed by atoms with E-state index in [2.05, 4.69) is 29.4 Å². The van der Waals surface area contributed by atoms with Crippen LogP contribution in [-0.4, -0.2) is 33.7 Å². The third kappa shape index (κ3) is 3.73. The molecule has 122 valence electrons. The number of carbonyl (C=O) groups is 1. The summed E-state index contributed by atoms with van der Waals surface area (Å²) in [5.41, 5.74) is 8.10. The highest BCUT2D eigenvalue weighted by molar-refractivity contribution is 5.76. The van der Waals surface area contributed by atoms with Crippen LogP contribution in [0.15, 0.2) is 36.4 Å². The van der Waals surface area contributed by atoms with Gasteiger partial charge in [-0.25, -0.2) is 4.68 Å². The number of nitrogens with zero attached hydrogens (tertiary/aromatic N) is 3. The van der Waals surface area contributed by atoms with E-state index in [-0.39, 0.29) is 12.5 Å². The summed E-state index contributed by atoms with van der Waals surface area (Å²) < 4.78 is 1.59. The molecule has 1 aliphatic heterocycles. The lowest BCUT2D eigenvalue weighted by Crippen LogP contribution is -2.35. The minimum atomic E-state index is 0.105. The standard InChI is InChI=1S/C18H24N4O/c1-14-12-17(19)22(20-14)13-18(23)21-10-5-8-16(9-11-21)15-6-3-2-4-7-15/h2-4,6-7,12,16H,5,8-11,13,19H2,1H3. The van der Waals surface area contributed by atoms with E-state index < -0.39 is 0 Å². The normalized spacial score (nSPS) is 18.7. The molecule has 2 heterocycles. The van der Waals surface area contributed by atoms with Crippen LogP contribution in [0.1, 0.15) is 36.4 Å². The van der Waals surface area contributed by atoms with Crippen molar-refractivity contribution >= 4 is 11.7 Å². The number of amides is 1.